The van der Waals surface area contributed by atoms with Gasteiger partial charge in [0.25, 0.3) is 0 Å². The summed E-state index contributed by atoms with van der Waals surface area (Å²) in [6.45, 7) is 12.8. The van der Waals surface area contributed by atoms with Gasteiger partial charge in [0.05, 0.1) is 0 Å². The molecule has 0 aromatic carbocycles. The summed E-state index contributed by atoms with van der Waals surface area (Å²) in [6, 6.07) is 0. The largest absolute Gasteiger partial charge is 0.312 e. The van der Waals surface area contributed by atoms with Crippen molar-refractivity contribution in [2.24, 2.45) is 11.3 Å². The van der Waals surface area contributed by atoms with Crippen molar-refractivity contribution in [3.05, 3.63) is 0 Å². The highest BCUT2D eigenvalue weighted by Gasteiger charge is 2.35. The highest BCUT2D eigenvalue weighted by molar-refractivity contribution is 4.89. The number of hydrogen-bond acceptors (Lipinski definition) is 1. The monoisotopic (exact) mass is 225 g/mol. The molecule has 0 saturated heterocycles. The molecular formula is C15H31N. The lowest BCUT2D eigenvalue weighted by molar-refractivity contribution is 0.195. The molecule has 0 aliphatic heterocycles. The molecule has 0 spiro atoms. The van der Waals surface area contributed by atoms with Gasteiger partial charge in [-0.05, 0) is 51.4 Å². The van der Waals surface area contributed by atoms with Crippen LogP contribution in [-0.4, -0.2) is 12.1 Å². The van der Waals surface area contributed by atoms with Gasteiger partial charge in [-0.15, -0.1) is 0 Å². The maximum absolute atomic E-state index is 3.73. The van der Waals surface area contributed by atoms with Gasteiger partial charge in [0.1, 0.15) is 0 Å². The molecule has 96 valence electrons. The van der Waals surface area contributed by atoms with Crippen molar-refractivity contribution in [3.8, 4) is 0 Å². The quantitative estimate of drug-likeness (QED) is 0.732. The standard InChI is InChI=1S/C15H31N/c1-6-13(2)11-15(9-7-8-10-15)12-16-14(3,4)5/h13,16H,6-12H2,1-5H3. The molecule has 1 unspecified atom stereocenters. The minimum Gasteiger partial charge on any atom is -0.312 e. The Labute approximate surface area is 102 Å². The van der Waals surface area contributed by atoms with Gasteiger partial charge in [-0.2, -0.15) is 0 Å². The van der Waals surface area contributed by atoms with Crippen LogP contribution >= 0.6 is 0 Å². The van der Waals surface area contributed by atoms with Crippen LogP contribution in [0.1, 0.15) is 73.1 Å². The Morgan fingerprint density at radius 3 is 2.19 bits per heavy atom. The maximum Gasteiger partial charge on any atom is 0.00967 e. The number of rotatable bonds is 5. The molecular weight excluding hydrogens is 194 g/mol. The SMILES string of the molecule is CCC(C)CC1(CNC(C)(C)C)CCCC1. The van der Waals surface area contributed by atoms with E-state index >= 15 is 0 Å². The smallest absolute Gasteiger partial charge is 0.00967 e. The predicted molar refractivity (Wildman–Crippen MR) is 72.7 cm³/mol. The Bertz CT molecular complexity index is 196. The van der Waals surface area contributed by atoms with Crippen molar-refractivity contribution in [1.82, 2.24) is 5.32 Å². The normalized spacial score (nSPS) is 22.3. The van der Waals surface area contributed by atoms with Crippen LogP contribution in [0.25, 0.3) is 0 Å². The molecule has 1 atom stereocenters. The lowest BCUT2D eigenvalue weighted by Crippen LogP contribution is -2.43. The minimum atomic E-state index is 0.269. The van der Waals surface area contributed by atoms with Gasteiger partial charge in [-0.1, -0.05) is 33.1 Å². The summed E-state index contributed by atoms with van der Waals surface area (Å²) in [5.41, 5.74) is 0.883. The molecule has 0 bridgehead atoms. The second-order valence-electron chi connectivity index (χ2n) is 7.03. The van der Waals surface area contributed by atoms with Gasteiger partial charge >= 0.3 is 0 Å². The van der Waals surface area contributed by atoms with Crippen LogP contribution in [-0.2, 0) is 0 Å². The van der Waals surface area contributed by atoms with E-state index in [0.29, 0.717) is 5.41 Å². The first-order valence-electron chi connectivity index (χ1n) is 7.12. The zero-order valence-corrected chi connectivity index (χ0v) is 12.0. The molecule has 16 heavy (non-hydrogen) atoms. The van der Waals surface area contributed by atoms with Gasteiger partial charge in [0.2, 0.25) is 0 Å². The fourth-order valence-corrected chi connectivity index (χ4v) is 2.91. The molecule has 1 aliphatic carbocycles. The minimum absolute atomic E-state index is 0.269. The Kier molecular flexibility index (Phi) is 4.85. The highest BCUT2D eigenvalue weighted by atomic mass is 15.0. The van der Waals surface area contributed by atoms with Crippen LogP contribution in [0.5, 0.6) is 0 Å². The third-order valence-electron chi connectivity index (χ3n) is 4.14. The van der Waals surface area contributed by atoms with Crippen molar-refractivity contribution >= 4 is 0 Å². The Balaban J connectivity index is 2.52. The van der Waals surface area contributed by atoms with E-state index in [-0.39, 0.29) is 5.54 Å². The second kappa shape index (κ2) is 5.53. The second-order valence-corrected chi connectivity index (χ2v) is 7.03. The Hall–Kier alpha value is -0.0400. The van der Waals surface area contributed by atoms with E-state index in [1.807, 2.05) is 0 Å². The van der Waals surface area contributed by atoms with E-state index < -0.39 is 0 Å². The van der Waals surface area contributed by atoms with E-state index in [0.717, 1.165) is 5.92 Å². The van der Waals surface area contributed by atoms with Crippen LogP contribution < -0.4 is 5.32 Å². The van der Waals surface area contributed by atoms with Gasteiger partial charge in [0.15, 0.2) is 0 Å². The maximum atomic E-state index is 3.73. The molecule has 0 aromatic heterocycles. The molecule has 0 heterocycles. The molecule has 1 N–H and O–H groups in total. The summed E-state index contributed by atoms with van der Waals surface area (Å²) >= 11 is 0. The molecule has 1 heteroatoms. The predicted octanol–water partition coefficient (Wildman–Crippen LogP) is 4.37. The van der Waals surface area contributed by atoms with Gasteiger partial charge in [-0.25, -0.2) is 0 Å². The molecule has 1 rings (SSSR count). The van der Waals surface area contributed by atoms with Crippen molar-refractivity contribution in [1.29, 1.82) is 0 Å². The Morgan fingerprint density at radius 2 is 1.75 bits per heavy atom. The number of nitrogens with one attached hydrogen (secondary N) is 1. The molecule has 1 saturated carbocycles. The van der Waals surface area contributed by atoms with E-state index in [9.17, 15) is 0 Å². The van der Waals surface area contributed by atoms with Crippen LogP contribution in [0.4, 0.5) is 0 Å². The van der Waals surface area contributed by atoms with Crippen molar-refractivity contribution < 1.29 is 0 Å². The first-order valence-corrected chi connectivity index (χ1v) is 7.12. The van der Waals surface area contributed by atoms with E-state index in [2.05, 4.69) is 39.9 Å². The summed E-state index contributed by atoms with van der Waals surface area (Å²) in [5, 5.41) is 3.73. The zero-order chi connectivity index (χ0) is 12.2. The molecule has 0 radical (unpaired) electrons. The lowest BCUT2D eigenvalue weighted by atomic mass is 9.77. The zero-order valence-electron chi connectivity index (χ0n) is 12.0. The topological polar surface area (TPSA) is 12.0 Å². The van der Waals surface area contributed by atoms with E-state index in [1.54, 1.807) is 0 Å². The number of hydrogen-bond donors (Lipinski definition) is 1. The van der Waals surface area contributed by atoms with Crippen molar-refractivity contribution in [3.63, 3.8) is 0 Å². The summed E-state index contributed by atoms with van der Waals surface area (Å²) < 4.78 is 0. The van der Waals surface area contributed by atoms with Crippen molar-refractivity contribution in [2.75, 3.05) is 6.54 Å². The summed E-state index contributed by atoms with van der Waals surface area (Å²) in [4.78, 5) is 0. The fourth-order valence-electron chi connectivity index (χ4n) is 2.91. The summed E-state index contributed by atoms with van der Waals surface area (Å²) in [7, 11) is 0. The van der Waals surface area contributed by atoms with E-state index in [4.69, 9.17) is 0 Å². The molecule has 0 amide bonds. The molecule has 1 aliphatic rings. The van der Waals surface area contributed by atoms with Gasteiger partial charge in [-0.3, -0.25) is 0 Å². The highest BCUT2D eigenvalue weighted by Crippen LogP contribution is 2.43. The summed E-state index contributed by atoms with van der Waals surface area (Å²) in [6.07, 6.45) is 8.54. The van der Waals surface area contributed by atoms with Crippen LogP contribution in [0.15, 0.2) is 0 Å². The van der Waals surface area contributed by atoms with E-state index in [1.165, 1.54) is 45.1 Å². The third-order valence-corrected chi connectivity index (χ3v) is 4.14. The fraction of sp³-hybridized carbons (Fsp3) is 1.00. The average Bonchev–Trinajstić information content (AvgIpc) is 2.63. The third kappa shape index (κ3) is 4.45. The first-order chi connectivity index (χ1) is 7.37. The van der Waals surface area contributed by atoms with Gasteiger partial charge in [0, 0.05) is 12.1 Å². The van der Waals surface area contributed by atoms with Crippen molar-refractivity contribution in [2.45, 2.75) is 78.7 Å². The molecule has 0 aromatic rings. The Morgan fingerprint density at radius 1 is 1.19 bits per heavy atom. The molecule has 1 fully saturated rings. The summed E-state index contributed by atoms with van der Waals surface area (Å²) in [5.74, 6) is 0.889. The van der Waals surface area contributed by atoms with Crippen LogP contribution in [0.3, 0.4) is 0 Å². The lowest BCUT2D eigenvalue weighted by Gasteiger charge is -2.35. The first kappa shape index (κ1) is 14.0. The average molecular weight is 225 g/mol. The van der Waals surface area contributed by atoms with Crippen LogP contribution in [0.2, 0.25) is 0 Å². The molecule has 1 nitrogen and oxygen atoms in total. The van der Waals surface area contributed by atoms with Crippen LogP contribution in [0, 0.1) is 11.3 Å². The van der Waals surface area contributed by atoms with Gasteiger partial charge < -0.3 is 5.32 Å².